The topological polar surface area (TPSA) is 38.8 Å². The van der Waals surface area contributed by atoms with Crippen LogP contribution in [-0.2, 0) is 9.47 Å². The molecule has 1 heterocycles. The average molecular weight is 275 g/mol. The number of methoxy groups -OCH3 is 1. The summed E-state index contributed by atoms with van der Waals surface area (Å²) in [6.07, 6.45) is 3.18. The van der Waals surface area contributed by atoms with Crippen molar-refractivity contribution in [3.63, 3.8) is 0 Å². The Balaban J connectivity index is 0. The number of carbonyl (C=O) groups excluding carboxylic acids is 1. The highest BCUT2D eigenvalue weighted by Crippen LogP contribution is 2.16. The molecule has 0 radical (unpaired) electrons. The van der Waals surface area contributed by atoms with Crippen molar-refractivity contribution in [2.45, 2.75) is 53.9 Å². The van der Waals surface area contributed by atoms with Gasteiger partial charge in [-0.2, -0.15) is 0 Å². The van der Waals surface area contributed by atoms with Crippen LogP contribution in [0.15, 0.2) is 0 Å². The van der Waals surface area contributed by atoms with Crippen molar-refractivity contribution in [2.75, 3.05) is 33.4 Å². The van der Waals surface area contributed by atoms with Crippen LogP contribution in [0.2, 0.25) is 0 Å². The standard InChI is InChI=1S/C11H21NO3.2C2H6/c1-10-4-3-6-12(7-5-10)11(13)15-9-8-14-2;2*1-2/h10H,3-9H2,1-2H3;2*1-2H3. The highest BCUT2D eigenvalue weighted by atomic mass is 16.6. The molecule has 0 bridgehead atoms. The fourth-order valence-electron chi connectivity index (χ4n) is 1.75. The molecule has 1 atom stereocenters. The molecular weight excluding hydrogens is 242 g/mol. The molecule has 1 rings (SSSR count). The fourth-order valence-corrected chi connectivity index (χ4v) is 1.75. The molecule has 1 aliphatic heterocycles. The van der Waals surface area contributed by atoms with Gasteiger partial charge in [-0.3, -0.25) is 0 Å². The first-order valence-corrected chi connectivity index (χ1v) is 7.64. The van der Waals surface area contributed by atoms with Gasteiger partial charge >= 0.3 is 6.09 Å². The lowest BCUT2D eigenvalue weighted by molar-refractivity contribution is 0.0724. The van der Waals surface area contributed by atoms with Gasteiger partial charge in [-0.05, 0) is 25.2 Å². The number of carbonyl (C=O) groups is 1. The van der Waals surface area contributed by atoms with E-state index in [1.807, 2.05) is 27.7 Å². The molecule has 0 N–H and O–H groups in total. The SMILES string of the molecule is CC.CC.COCCOC(=O)N1CCCC(C)CC1. The molecule has 1 fully saturated rings. The first-order chi connectivity index (χ1) is 9.24. The van der Waals surface area contributed by atoms with Crippen molar-refractivity contribution < 1.29 is 14.3 Å². The van der Waals surface area contributed by atoms with Crippen LogP contribution in [0, 0.1) is 5.92 Å². The third-order valence-corrected chi connectivity index (χ3v) is 2.79. The van der Waals surface area contributed by atoms with Crippen molar-refractivity contribution in [1.82, 2.24) is 4.90 Å². The molecule has 0 aromatic heterocycles. The maximum absolute atomic E-state index is 11.6. The fraction of sp³-hybridized carbons (Fsp3) is 0.933. The molecule has 1 amide bonds. The minimum atomic E-state index is -0.193. The zero-order chi connectivity index (χ0) is 15.1. The van der Waals surface area contributed by atoms with E-state index >= 15 is 0 Å². The Kier molecular flexibility index (Phi) is 16.5. The summed E-state index contributed by atoms with van der Waals surface area (Å²) in [5.74, 6) is 0.724. The molecule has 0 aliphatic carbocycles. The molecule has 4 nitrogen and oxygen atoms in total. The first-order valence-electron chi connectivity index (χ1n) is 7.64. The first kappa shape index (κ1) is 20.5. The zero-order valence-corrected chi connectivity index (χ0v) is 13.7. The lowest BCUT2D eigenvalue weighted by atomic mass is 10.0. The Hall–Kier alpha value is -0.770. The molecule has 0 spiro atoms. The van der Waals surface area contributed by atoms with Crippen LogP contribution >= 0.6 is 0 Å². The highest BCUT2D eigenvalue weighted by Gasteiger charge is 2.19. The van der Waals surface area contributed by atoms with Gasteiger partial charge in [0.05, 0.1) is 6.61 Å². The molecule has 1 unspecified atom stereocenters. The predicted octanol–water partition coefficient (Wildman–Crippen LogP) is 3.94. The van der Waals surface area contributed by atoms with Crippen molar-refractivity contribution in [2.24, 2.45) is 5.92 Å². The predicted molar refractivity (Wildman–Crippen MR) is 80.5 cm³/mol. The van der Waals surface area contributed by atoms with Crippen LogP contribution in [0.1, 0.15) is 53.9 Å². The van der Waals surface area contributed by atoms with Gasteiger partial charge in [-0.15, -0.1) is 0 Å². The van der Waals surface area contributed by atoms with E-state index in [9.17, 15) is 4.79 Å². The van der Waals surface area contributed by atoms with E-state index in [1.165, 1.54) is 6.42 Å². The van der Waals surface area contributed by atoms with Gasteiger partial charge in [0.15, 0.2) is 0 Å². The second-order valence-electron chi connectivity index (χ2n) is 4.13. The summed E-state index contributed by atoms with van der Waals surface area (Å²) in [6.45, 7) is 12.7. The molecular formula is C15H33NO3. The third-order valence-electron chi connectivity index (χ3n) is 2.79. The third kappa shape index (κ3) is 10.8. The molecule has 116 valence electrons. The number of amides is 1. The summed E-state index contributed by atoms with van der Waals surface area (Å²) in [7, 11) is 1.60. The van der Waals surface area contributed by atoms with Crippen molar-refractivity contribution in [3.8, 4) is 0 Å². The van der Waals surface area contributed by atoms with Crippen LogP contribution in [0.3, 0.4) is 0 Å². The van der Waals surface area contributed by atoms with Gasteiger partial charge in [0.1, 0.15) is 6.61 Å². The highest BCUT2D eigenvalue weighted by molar-refractivity contribution is 5.67. The summed E-state index contributed by atoms with van der Waals surface area (Å²) in [5, 5.41) is 0. The number of likely N-dealkylation sites (tertiary alicyclic amines) is 1. The van der Waals surface area contributed by atoms with Crippen LogP contribution in [0.5, 0.6) is 0 Å². The normalized spacial score (nSPS) is 18.2. The summed E-state index contributed by atoms with van der Waals surface area (Å²) in [4.78, 5) is 13.4. The molecule has 1 aliphatic rings. The summed E-state index contributed by atoms with van der Waals surface area (Å²) >= 11 is 0. The Morgan fingerprint density at radius 3 is 2.32 bits per heavy atom. The summed E-state index contributed by atoms with van der Waals surface area (Å²) in [5.41, 5.74) is 0. The molecule has 0 aromatic carbocycles. The monoisotopic (exact) mass is 275 g/mol. The molecule has 4 heteroatoms. The average Bonchev–Trinajstić information content (AvgIpc) is 2.68. The van der Waals surface area contributed by atoms with Crippen molar-refractivity contribution in [1.29, 1.82) is 0 Å². The Labute approximate surface area is 119 Å². The maximum atomic E-state index is 11.6. The van der Waals surface area contributed by atoms with E-state index in [4.69, 9.17) is 9.47 Å². The van der Waals surface area contributed by atoms with Crippen LogP contribution in [0.4, 0.5) is 4.79 Å². The van der Waals surface area contributed by atoms with Gasteiger partial charge in [0.25, 0.3) is 0 Å². The van der Waals surface area contributed by atoms with Crippen molar-refractivity contribution in [3.05, 3.63) is 0 Å². The van der Waals surface area contributed by atoms with Crippen LogP contribution < -0.4 is 0 Å². The minimum Gasteiger partial charge on any atom is -0.447 e. The summed E-state index contributed by atoms with van der Waals surface area (Å²) in [6, 6.07) is 0. The second kappa shape index (κ2) is 15.3. The van der Waals surface area contributed by atoms with Gasteiger partial charge in [-0.1, -0.05) is 34.6 Å². The second-order valence-corrected chi connectivity index (χ2v) is 4.13. The van der Waals surface area contributed by atoms with E-state index in [2.05, 4.69) is 6.92 Å². The molecule has 0 aromatic rings. The van der Waals surface area contributed by atoms with Gasteiger partial charge in [0.2, 0.25) is 0 Å². The smallest absolute Gasteiger partial charge is 0.409 e. The Bertz CT molecular complexity index is 198. The summed E-state index contributed by atoms with van der Waals surface area (Å²) < 4.78 is 9.90. The molecule has 0 saturated carbocycles. The molecule has 19 heavy (non-hydrogen) atoms. The Morgan fingerprint density at radius 1 is 1.11 bits per heavy atom. The van der Waals surface area contributed by atoms with E-state index in [1.54, 1.807) is 12.0 Å². The number of ether oxygens (including phenoxy) is 2. The quantitative estimate of drug-likeness (QED) is 0.732. The van der Waals surface area contributed by atoms with Gasteiger partial charge in [0, 0.05) is 20.2 Å². The van der Waals surface area contributed by atoms with Crippen molar-refractivity contribution >= 4 is 6.09 Å². The van der Waals surface area contributed by atoms with Gasteiger partial charge < -0.3 is 14.4 Å². The van der Waals surface area contributed by atoms with Gasteiger partial charge in [-0.25, -0.2) is 4.79 Å². The van der Waals surface area contributed by atoms with Crippen LogP contribution in [0.25, 0.3) is 0 Å². The van der Waals surface area contributed by atoms with E-state index in [-0.39, 0.29) is 6.09 Å². The molecule has 1 saturated heterocycles. The zero-order valence-electron chi connectivity index (χ0n) is 13.7. The number of hydrogen-bond acceptors (Lipinski definition) is 3. The minimum absolute atomic E-state index is 0.193. The van der Waals surface area contributed by atoms with E-state index in [0.717, 1.165) is 31.8 Å². The number of hydrogen-bond donors (Lipinski definition) is 0. The Morgan fingerprint density at radius 2 is 1.74 bits per heavy atom. The number of nitrogens with zero attached hydrogens (tertiary/aromatic N) is 1. The number of rotatable bonds is 3. The lowest BCUT2D eigenvalue weighted by Crippen LogP contribution is -2.33. The lowest BCUT2D eigenvalue weighted by Gasteiger charge is -2.19. The maximum Gasteiger partial charge on any atom is 0.409 e. The largest absolute Gasteiger partial charge is 0.447 e. The van der Waals surface area contributed by atoms with E-state index < -0.39 is 0 Å². The van der Waals surface area contributed by atoms with E-state index in [0.29, 0.717) is 13.2 Å². The van der Waals surface area contributed by atoms with Crippen LogP contribution in [-0.4, -0.2) is 44.4 Å².